The lowest BCUT2D eigenvalue weighted by Crippen LogP contribution is -2.36. The fraction of sp³-hybridized carbons (Fsp3) is 0.125. The summed E-state index contributed by atoms with van der Waals surface area (Å²) in [6, 6.07) is 11.4. The van der Waals surface area contributed by atoms with Gasteiger partial charge in [-0.3, -0.25) is 29.4 Å². The zero-order valence-electron chi connectivity index (χ0n) is 18.9. The number of benzene rings is 2. The lowest BCUT2D eigenvalue weighted by Gasteiger charge is -2.13. The molecule has 1 N–H and O–H groups in total. The van der Waals surface area contributed by atoms with Crippen LogP contribution in [0.25, 0.3) is 17.4 Å². The van der Waals surface area contributed by atoms with E-state index in [0.29, 0.717) is 33.5 Å². The SMILES string of the molecule is Cc1cc([N+](=O)[O-])ccc1-c1ccc(/C=C2\SC(=O)N(CC(=O)Nc3cccc(C(F)(F)F)c3)C2=O)o1. The van der Waals surface area contributed by atoms with Crippen LogP contribution in [0.15, 0.2) is 63.9 Å². The van der Waals surface area contributed by atoms with Crippen LogP contribution in [0.5, 0.6) is 0 Å². The number of non-ortho nitro benzene ring substituents is 1. The van der Waals surface area contributed by atoms with Gasteiger partial charge in [-0.1, -0.05) is 6.07 Å². The Hall–Kier alpha value is -4.39. The van der Waals surface area contributed by atoms with Crippen LogP contribution in [0.3, 0.4) is 0 Å². The maximum Gasteiger partial charge on any atom is 0.416 e. The van der Waals surface area contributed by atoms with E-state index in [2.05, 4.69) is 5.32 Å². The average Bonchev–Trinajstić information content (AvgIpc) is 3.38. The fourth-order valence-corrected chi connectivity index (χ4v) is 4.31. The van der Waals surface area contributed by atoms with E-state index in [0.717, 1.165) is 18.2 Å². The number of hydrogen-bond donors (Lipinski definition) is 1. The van der Waals surface area contributed by atoms with Crippen molar-refractivity contribution in [3.8, 4) is 11.3 Å². The van der Waals surface area contributed by atoms with E-state index in [4.69, 9.17) is 4.42 Å². The number of rotatable bonds is 6. The summed E-state index contributed by atoms with van der Waals surface area (Å²) in [6.45, 7) is 0.990. The van der Waals surface area contributed by atoms with E-state index in [1.165, 1.54) is 30.3 Å². The number of carbonyl (C=O) groups excluding carboxylic acids is 3. The second-order valence-electron chi connectivity index (χ2n) is 7.85. The summed E-state index contributed by atoms with van der Waals surface area (Å²) in [6.07, 6.45) is -3.28. The van der Waals surface area contributed by atoms with Crippen molar-refractivity contribution in [1.82, 2.24) is 4.90 Å². The quantitative estimate of drug-likeness (QED) is 0.240. The summed E-state index contributed by atoms with van der Waals surface area (Å²) >= 11 is 0.579. The van der Waals surface area contributed by atoms with E-state index in [1.807, 2.05) is 0 Å². The van der Waals surface area contributed by atoms with E-state index in [1.54, 1.807) is 19.1 Å². The summed E-state index contributed by atoms with van der Waals surface area (Å²) in [5.74, 6) is -1.000. The van der Waals surface area contributed by atoms with Crippen LogP contribution in [-0.2, 0) is 15.8 Å². The molecule has 0 spiro atoms. The number of halogens is 3. The molecule has 2 heterocycles. The van der Waals surface area contributed by atoms with Crippen molar-refractivity contribution >= 4 is 46.3 Å². The largest absolute Gasteiger partial charge is 0.457 e. The highest BCUT2D eigenvalue weighted by Crippen LogP contribution is 2.35. The van der Waals surface area contributed by atoms with Gasteiger partial charge < -0.3 is 9.73 Å². The van der Waals surface area contributed by atoms with Crippen LogP contribution in [0.2, 0.25) is 0 Å². The third-order valence-electron chi connectivity index (χ3n) is 5.24. The van der Waals surface area contributed by atoms with E-state index in [-0.39, 0.29) is 22.0 Å². The van der Waals surface area contributed by atoms with E-state index < -0.39 is 40.3 Å². The Morgan fingerprint density at radius 2 is 1.92 bits per heavy atom. The molecule has 1 aromatic heterocycles. The fourth-order valence-electron chi connectivity index (χ4n) is 3.50. The van der Waals surface area contributed by atoms with Crippen molar-refractivity contribution in [2.24, 2.45) is 0 Å². The molecule has 3 aromatic rings. The van der Waals surface area contributed by atoms with Gasteiger partial charge in [0.2, 0.25) is 5.91 Å². The minimum Gasteiger partial charge on any atom is -0.457 e. The second kappa shape index (κ2) is 9.93. The van der Waals surface area contributed by atoms with E-state index >= 15 is 0 Å². The van der Waals surface area contributed by atoms with Crippen LogP contribution >= 0.6 is 11.8 Å². The van der Waals surface area contributed by atoms with Gasteiger partial charge in [-0.25, -0.2) is 0 Å². The van der Waals surface area contributed by atoms with Gasteiger partial charge in [0, 0.05) is 29.5 Å². The highest BCUT2D eigenvalue weighted by Gasteiger charge is 2.37. The number of nitrogens with zero attached hydrogens (tertiary/aromatic N) is 2. The van der Waals surface area contributed by atoms with Gasteiger partial charge in [0.05, 0.1) is 15.4 Å². The number of thioether (sulfide) groups is 1. The molecule has 1 fully saturated rings. The van der Waals surface area contributed by atoms with Gasteiger partial charge in [-0.15, -0.1) is 0 Å². The summed E-state index contributed by atoms with van der Waals surface area (Å²) in [5.41, 5.74) is 0.0405. The Kier molecular flexibility index (Phi) is 6.90. The molecule has 0 saturated carbocycles. The Morgan fingerprint density at radius 3 is 2.59 bits per heavy atom. The molecule has 190 valence electrons. The maximum atomic E-state index is 12.9. The lowest BCUT2D eigenvalue weighted by molar-refractivity contribution is -0.384. The zero-order valence-corrected chi connectivity index (χ0v) is 19.7. The summed E-state index contributed by atoms with van der Waals surface area (Å²) in [5, 5.41) is 12.5. The molecule has 0 aliphatic carbocycles. The Bertz CT molecular complexity index is 1460. The number of alkyl halides is 3. The molecular formula is C24H16F3N3O6S. The number of hydrogen-bond acceptors (Lipinski definition) is 7. The van der Waals surface area contributed by atoms with Gasteiger partial charge in [0.1, 0.15) is 18.1 Å². The summed E-state index contributed by atoms with van der Waals surface area (Å²) < 4.78 is 44.3. The minimum atomic E-state index is -4.60. The highest BCUT2D eigenvalue weighted by atomic mass is 32.2. The molecule has 1 aliphatic rings. The first-order valence-corrected chi connectivity index (χ1v) is 11.3. The normalized spacial score (nSPS) is 14.9. The van der Waals surface area contributed by atoms with Gasteiger partial charge >= 0.3 is 6.18 Å². The van der Waals surface area contributed by atoms with Crippen LogP contribution in [0, 0.1) is 17.0 Å². The number of carbonyl (C=O) groups is 3. The van der Waals surface area contributed by atoms with Gasteiger partial charge in [0.15, 0.2) is 0 Å². The Balaban J connectivity index is 1.45. The molecule has 0 atom stereocenters. The van der Waals surface area contributed by atoms with Gasteiger partial charge in [-0.2, -0.15) is 13.2 Å². The molecule has 37 heavy (non-hydrogen) atoms. The molecule has 1 aliphatic heterocycles. The van der Waals surface area contributed by atoms with Crippen molar-refractivity contribution in [2.75, 3.05) is 11.9 Å². The standard InChI is InChI=1S/C24H16F3N3O6S/c1-13-9-16(30(34)35)5-7-18(13)19-8-6-17(36-19)11-20-22(32)29(23(33)37-20)12-21(31)28-15-4-2-3-14(10-15)24(25,26)27/h2-11H,12H2,1H3,(H,28,31)/b20-11-. The van der Waals surface area contributed by atoms with Crippen molar-refractivity contribution < 1.29 is 36.9 Å². The first kappa shape index (κ1) is 25.7. The number of amides is 3. The molecule has 0 radical (unpaired) electrons. The topological polar surface area (TPSA) is 123 Å². The predicted molar refractivity (Wildman–Crippen MR) is 128 cm³/mol. The monoisotopic (exact) mass is 531 g/mol. The third kappa shape index (κ3) is 5.72. The number of aryl methyl sites for hydroxylation is 1. The Morgan fingerprint density at radius 1 is 1.16 bits per heavy atom. The van der Waals surface area contributed by atoms with Crippen molar-refractivity contribution in [1.29, 1.82) is 0 Å². The molecule has 3 amide bonds. The number of nitro groups is 1. The molecule has 13 heteroatoms. The second-order valence-corrected chi connectivity index (χ2v) is 8.85. The molecule has 0 unspecified atom stereocenters. The molecule has 9 nitrogen and oxygen atoms in total. The minimum absolute atomic E-state index is 0.0156. The predicted octanol–water partition coefficient (Wildman–Crippen LogP) is 5.86. The number of furan rings is 1. The first-order chi connectivity index (χ1) is 17.4. The molecule has 1 saturated heterocycles. The van der Waals surface area contributed by atoms with Crippen molar-refractivity contribution in [3.63, 3.8) is 0 Å². The van der Waals surface area contributed by atoms with E-state index in [9.17, 15) is 37.7 Å². The van der Waals surface area contributed by atoms with Crippen molar-refractivity contribution in [2.45, 2.75) is 13.1 Å². The highest BCUT2D eigenvalue weighted by molar-refractivity contribution is 8.18. The molecule has 2 aromatic carbocycles. The number of anilines is 1. The van der Waals surface area contributed by atoms with Crippen LogP contribution in [0.1, 0.15) is 16.9 Å². The van der Waals surface area contributed by atoms with Crippen LogP contribution in [0.4, 0.5) is 29.3 Å². The first-order valence-electron chi connectivity index (χ1n) is 10.5. The molecular weight excluding hydrogens is 515 g/mol. The third-order valence-corrected chi connectivity index (χ3v) is 6.14. The average molecular weight is 531 g/mol. The number of nitro benzene ring substituents is 1. The smallest absolute Gasteiger partial charge is 0.416 e. The van der Waals surface area contributed by atoms with Crippen molar-refractivity contribution in [3.05, 3.63) is 86.5 Å². The summed E-state index contributed by atoms with van der Waals surface area (Å²) in [4.78, 5) is 48.4. The van der Waals surface area contributed by atoms with Crippen LogP contribution < -0.4 is 5.32 Å². The molecule has 0 bridgehead atoms. The summed E-state index contributed by atoms with van der Waals surface area (Å²) in [7, 11) is 0. The number of imide groups is 1. The van der Waals surface area contributed by atoms with Crippen LogP contribution in [-0.4, -0.2) is 33.4 Å². The number of nitrogens with one attached hydrogen (secondary N) is 1. The maximum absolute atomic E-state index is 12.9. The lowest BCUT2D eigenvalue weighted by atomic mass is 10.1. The molecule has 4 rings (SSSR count). The Labute approximate surface area is 211 Å². The zero-order chi connectivity index (χ0) is 26.9. The van der Waals surface area contributed by atoms with Gasteiger partial charge in [0.25, 0.3) is 16.8 Å². The van der Waals surface area contributed by atoms with Gasteiger partial charge in [-0.05, 0) is 60.6 Å².